The molecule has 0 saturated carbocycles. The number of aromatic carboxylic acids is 1. The number of ether oxygens (including phenoxy) is 4. The van der Waals surface area contributed by atoms with E-state index in [1.807, 2.05) is 13.8 Å². The lowest BCUT2D eigenvalue weighted by Crippen LogP contribution is -2.25. The standard InChI is InChI=1S/C40H41BrO11/c1-11-25-22(8)30(39(47)51-35-20(6)18(4)31(37(44)45)23(9)26(35)12-2)17(3)15-29(25)50-40(48)32-19(5)21(7)36(33(41)34(32)43)52-38(46)27-14-13-24(42)16-28(27)49-10/h13-16,27,43H,11-12H2,1-10H3,(H,44,45). The van der Waals surface area contributed by atoms with Gasteiger partial charge in [-0.05, 0) is 139 Å². The first kappa shape index (κ1) is 39.6. The molecule has 1 aliphatic rings. The van der Waals surface area contributed by atoms with Crippen molar-refractivity contribution in [1.82, 2.24) is 0 Å². The quantitative estimate of drug-likeness (QED) is 0.153. The molecule has 1 unspecified atom stereocenters. The van der Waals surface area contributed by atoms with Gasteiger partial charge in [-0.15, -0.1) is 0 Å². The highest BCUT2D eigenvalue weighted by molar-refractivity contribution is 9.10. The van der Waals surface area contributed by atoms with Crippen molar-refractivity contribution >= 4 is 45.6 Å². The van der Waals surface area contributed by atoms with E-state index in [1.165, 1.54) is 25.3 Å². The van der Waals surface area contributed by atoms with Crippen LogP contribution in [-0.2, 0) is 27.2 Å². The van der Waals surface area contributed by atoms with Crippen molar-refractivity contribution < 1.29 is 53.1 Å². The highest BCUT2D eigenvalue weighted by Gasteiger charge is 2.32. The average Bonchev–Trinajstić information content (AvgIpc) is 3.08. The predicted octanol–water partition coefficient (Wildman–Crippen LogP) is 7.77. The van der Waals surface area contributed by atoms with Crippen molar-refractivity contribution in [2.45, 2.75) is 75.2 Å². The number of ketones is 1. The number of hydrogen-bond acceptors (Lipinski definition) is 10. The number of halogens is 1. The lowest BCUT2D eigenvalue weighted by atomic mass is 9.91. The Morgan fingerprint density at radius 2 is 1.31 bits per heavy atom. The van der Waals surface area contributed by atoms with E-state index in [-0.39, 0.29) is 44.2 Å². The Kier molecular flexibility index (Phi) is 11.8. The van der Waals surface area contributed by atoms with Gasteiger partial charge in [-0.2, -0.15) is 0 Å². The zero-order valence-corrected chi connectivity index (χ0v) is 32.3. The van der Waals surface area contributed by atoms with E-state index >= 15 is 0 Å². The fourth-order valence-corrected chi connectivity index (χ4v) is 7.17. The number of carbonyl (C=O) groups is 5. The number of hydrogen-bond donors (Lipinski definition) is 2. The topological polar surface area (TPSA) is 163 Å². The Hall–Kier alpha value is -5.23. The largest absolute Gasteiger partial charge is 0.506 e. The summed E-state index contributed by atoms with van der Waals surface area (Å²) in [4.78, 5) is 64.4. The first-order valence-electron chi connectivity index (χ1n) is 16.6. The second-order valence-electron chi connectivity index (χ2n) is 12.5. The summed E-state index contributed by atoms with van der Waals surface area (Å²) in [6.45, 7) is 15.4. The molecular formula is C40H41BrO11. The summed E-state index contributed by atoms with van der Waals surface area (Å²) in [6.07, 6.45) is 4.59. The van der Waals surface area contributed by atoms with Gasteiger partial charge in [0, 0.05) is 6.08 Å². The molecule has 11 nitrogen and oxygen atoms in total. The number of allylic oxidation sites excluding steroid dienone is 2. The first-order chi connectivity index (χ1) is 24.4. The van der Waals surface area contributed by atoms with Gasteiger partial charge < -0.3 is 29.2 Å². The Balaban J connectivity index is 1.68. The Bertz CT molecular complexity index is 2090. The zero-order valence-electron chi connectivity index (χ0n) is 30.7. The maximum atomic E-state index is 13.8. The summed E-state index contributed by atoms with van der Waals surface area (Å²) in [5, 5.41) is 21.0. The summed E-state index contributed by atoms with van der Waals surface area (Å²) in [6, 6.07) is 1.56. The van der Waals surface area contributed by atoms with Gasteiger partial charge in [0.15, 0.2) is 11.5 Å². The lowest BCUT2D eigenvalue weighted by Gasteiger charge is -2.22. The summed E-state index contributed by atoms with van der Waals surface area (Å²) < 4.78 is 22.7. The Morgan fingerprint density at radius 3 is 1.88 bits per heavy atom. The number of rotatable bonds is 10. The summed E-state index contributed by atoms with van der Waals surface area (Å²) >= 11 is 3.27. The maximum Gasteiger partial charge on any atom is 0.347 e. The minimum atomic E-state index is -1.05. The highest BCUT2D eigenvalue weighted by atomic mass is 79.9. The van der Waals surface area contributed by atoms with Gasteiger partial charge in [-0.1, -0.05) is 19.9 Å². The number of benzene rings is 3. The summed E-state index contributed by atoms with van der Waals surface area (Å²) in [5.74, 6) is -4.60. The van der Waals surface area contributed by atoms with Crippen molar-refractivity contribution in [3.05, 3.63) is 101 Å². The molecule has 0 aromatic heterocycles. The molecule has 1 aliphatic carbocycles. The molecule has 0 spiro atoms. The third kappa shape index (κ3) is 7.12. The molecule has 274 valence electrons. The van der Waals surface area contributed by atoms with Crippen molar-refractivity contribution in [2.24, 2.45) is 5.92 Å². The van der Waals surface area contributed by atoms with Crippen LogP contribution in [0, 0.1) is 54.4 Å². The van der Waals surface area contributed by atoms with E-state index in [4.69, 9.17) is 18.9 Å². The molecule has 4 rings (SSSR count). The van der Waals surface area contributed by atoms with Gasteiger partial charge >= 0.3 is 23.9 Å². The lowest BCUT2D eigenvalue weighted by molar-refractivity contribution is -0.137. The average molecular weight is 778 g/mol. The van der Waals surface area contributed by atoms with Crippen molar-refractivity contribution in [1.29, 1.82) is 0 Å². The van der Waals surface area contributed by atoms with Crippen LogP contribution in [0.3, 0.4) is 0 Å². The van der Waals surface area contributed by atoms with Crippen molar-refractivity contribution in [3.63, 3.8) is 0 Å². The Labute approximate surface area is 310 Å². The van der Waals surface area contributed by atoms with E-state index in [1.54, 1.807) is 54.5 Å². The predicted molar refractivity (Wildman–Crippen MR) is 196 cm³/mol. The molecule has 1 atom stereocenters. The normalized spacial score (nSPS) is 13.8. The molecule has 0 fully saturated rings. The van der Waals surface area contributed by atoms with E-state index in [0.717, 1.165) is 0 Å². The number of esters is 3. The van der Waals surface area contributed by atoms with E-state index in [2.05, 4.69) is 15.9 Å². The van der Waals surface area contributed by atoms with E-state index in [0.29, 0.717) is 68.7 Å². The number of aryl methyl sites for hydroxylation is 1. The van der Waals surface area contributed by atoms with Crippen LogP contribution in [0.25, 0.3) is 0 Å². The van der Waals surface area contributed by atoms with Gasteiger partial charge in [0.1, 0.15) is 39.0 Å². The Morgan fingerprint density at radius 1 is 0.750 bits per heavy atom. The summed E-state index contributed by atoms with van der Waals surface area (Å²) in [5.41, 5.74) is 4.76. The molecule has 3 aromatic carbocycles. The van der Waals surface area contributed by atoms with Crippen LogP contribution >= 0.6 is 15.9 Å². The van der Waals surface area contributed by atoms with Gasteiger partial charge in [0.05, 0.1) is 18.2 Å². The van der Waals surface area contributed by atoms with Crippen LogP contribution in [-0.4, -0.2) is 47.0 Å². The van der Waals surface area contributed by atoms with Gasteiger partial charge in [-0.3, -0.25) is 9.59 Å². The second-order valence-corrected chi connectivity index (χ2v) is 13.3. The molecule has 0 aliphatic heterocycles. The van der Waals surface area contributed by atoms with E-state index in [9.17, 15) is 34.2 Å². The monoisotopic (exact) mass is 776 g/mol. The molecular weight excluding hydrogens is 736 g/mol. The molecule has 12 heteroatoms. The van der Waals surface area contributed by atoms with Crippen LogP contribution in [0.4, 0.5) is 0 Å². The summed E-state index contributed by atoms with van der Waals surface area (Å²) in [7, 11) is 1.33. The fourth-order valence-electron chi connectivity index (χ4n) is 6.59. The maximum absolute atomic E-state index is 13.8. The van der Waals surface area contributed by atoms with Gasteiger partial charge in [0.25, 0.3) is 0 Å². The second kappa shape index (κ2) is 15.6. The van der Waals surface area contributed by atoms with Crippen molar-refractivity contribution in [2.75, 3.05) is 7.11 Å². The minimum Gasteiger partial charge on any atom is -0.506 e. The number of phenols is 1. The number of methoxy groups -OCH3 is 1. The van der Waals surface area contributed by atoms with Gasteiger partial charge in [-0.25, -0.2) is 14.4 Å². The number of carboxylic acids is 1. The third-order valence-corrected chi connectivity index (χ3v) is 10.4. The highest BCUT2D eigenvalue weighted by Crippen LogP contribution is 2.43. The molecule has 0 amide bonds. The third-order valence-electron chi connectivity index (χ3n) is 9.63. The van der Waals surface area contributed by atoms with Crippen LogP contribution in [0.1, 0.15) is 95.0 Å². The molecule has 0 saturated heterocycles. The van der Waals surface area contributed by atoms with Crippen LogP contribution in [0.5, 0.6) is 23.0 Å². The minimum absolute atomic E-state index is 0.0226. The van der Waals surface area contributed by atoms with Crippen LogP contribution in [0.2, 0.25) is 0 Å². The number of carboxylic acid groups (broad SMARTS) is 1. The molecule has 0 heterocycles. The van der Waals surface area contributed by atoms with E-state index < -0.39 is 35.5 Å². The molecule has 0 bridgehead atoms. The number of phenolic OH excluding ortho intramolecular Hbond substituents is 1. The van der Waals surface area contributed by atoms with Crippen LogP contribution in [0.15, 0.2) is 34.5 Å². The molecule has 2 N–H and O–H groups in total. The fraction of sp³-hybridized carbons (Fsp3) is 0.325. The molecule has 0 radical (unpaired) electrons. The molecule has 3 aromatic rings. The SMILES string of the molecule is CCc1c(OC(=O)c2c(C)c(C)c(OC(=O)C3C=CC(=O)C=C3OC)c(Br)c2O)cc(C)c(C(=O)Oc2c(C)c(C)c(C(=O)O)c(C)c2CC)c1C. The smallest absolute Gasteiger partial charge is 0.347 e. The van der Waals surface area contributed by atoms with Crippen molar-refractivity contribution in [3.8, 4) is 23.0 Å². The first-order valence-corrected chi connectivity index (χ1v) is 17.3. The number of aromatic hydroxyl groups is 1. The zero-order chi connectivity index (χ0) is 38.9. The van der Waals surface area contributed by atoms with Crippen LogP contribution < -0.4 is 14.2 Å². The number of carbonyl (C=O) groups excluding carboxylic acids is 4. The molecule has 52 heavy (non-hydrogen) atoms. The van der Waals surface area contributed by atoms with Gasteiger partial charge in [0.2, 0.25) is 0 Å².